The summed E-state index contributed by atoms with van der Waals surface area (Å²) >= 11 is 3.78. The molecule has 0 amide bonds. The molecule has 0 heterocycles. The number of allylic oxidation sites excluding steroid dienone is 4. The standard InChI is InChI=1S/C10H15Br/c1-3-9(2)10(11)7-5-4-6-8-10/h4-7,9H,3,8H2,1-2H3. The zero-order valence-electron chi connectivity index (χ0n) is 7.18. The van der Waals surface area contributed by atoms with E-state index in [1.54, 1.807) is 0 Å². The van der Waals surface area contributed by atoms with Crippen LogP contribution in [-0.2, 0) is 0 Å². The Morgan fingerprint density at radius 2 is 2.27 bits per heavy atom. The van der Waals surface area contributed by atoms with Crippen LogP contribution in [0.25, 0.3) is 0 Å². The fraction of sp³-hybridized carbons (Fsp3) is 0.600. The largest absolute Gasteiger partial charge is 0.0828 e. The van der Waals surface area contributed by atoms with Gasteiger partial charge in [0.05, 0.1) is 0 Å². The highest BCUT2D eigenvalue weighted by molar-refractivity contribution is 9.10. The lowest BCUT2D eigenvalue weighted by atomic mass is 9.86. The van der Waals surface area contributed by atoms with Gasteiger partial charge in [-0.2, -0.15) is 0 Å². The Kier molecular flexibility index (Phi) is 2.94. The van der Waals surface area contributed by atoms with Gasteiger partial charge in [-0.3, -0.25) is 0 Å². The van der Waals surface area contributed by atoms with Gasteiger partial charge in [0.25, 0.3) is 0 Å². The first-order chi connectivity index (χ1) is 5.19. The molecule has 2 unspecified atom stereocenters. The van der Waals surface area contributed by atoms with Crippen molar-refractivity contribution in [2.45, 2.75) is 31.0 Å². The van der Waals surface area contributed by atoms with Gasteiger partial charge in [0, 0.05) is 4.32 Å². The van der Waals surface area contributed by atoms with E-state index in [1.165, 1.54) is 6.42 Å². The fourth-order valence-electron chi connectivity index (χ4n) is 1.32. The Labute approximate surface area is 77.5 Å². The van der Waals surface area contributed by atoms with Crippen molar-refractivity contribution in [1.82, 2.24) is 0 Å². The second kappa shape index (κ2) is 3.57. The van der Waals surface area contributed by atoms with Crippen LogP contribution in [-0.4, -0.2) is 4.32 Å². The van der Waals surface area contributed by atoms with Crippen molar-refractivity contribution in [3.8, 4) is 0 Å². The normalized spacial score (nSPS) is 32.3. The van der Waals surface area contributed by atoms with Crippen LogP contribution in [0.5, 0.6) is 0 Å². The highest BCUT2D eigenvalue weighted by Gasteiger charge is 2.28. The first-order valence-electron chi connectivity index (χ1n) is 4.22. The van der Waals surface area contributed by atoms with Crippen LogP contribution in [0.15, 0.2) is 24.3 Å². The summed E-state index contributed by atoms with van der Waals surface area (Å²) in [6, 6.07) is 0. The summed E-state index contributed by atoms with van der Waals surface area (Å²) in [4.78, 5) is 0. The summed E-state index contributed by atoms with van der Waals surface area (Å²) in [6.07, 6.45) is 11.1. The first kappa shape index (κ1) is 9.05. The Hall–Kier alpha value is -0.0400. The van der Waals surface area contributed by atoms with Crippen LogP contribution in [0.4, 0.5) is 0 Å². The van der Waals surface area contributed by atoms with Crippen molar-refractivity contribution in [3.05, 3.63) is 24.3 Å². The number of alkyl halides is 1. The van der Waals surface area contributed by atoms with Crippen molar-refractivity contribution in [2.75, 3.05) is 0 Å². The molecule has 0 aliphatic heterocycles. The molecule has 0 aromatic carbocycles. The van der Waals surface area contributed by atoms with Crippen molar-refractivity contribution in [2.24, 2.45) is 5.92 Å². The van der Waals surface area contributed by atoms with Crippen molar-refractivity contribution in [1.29, 1.82) is 0 Å². The highest BCUT2D eigenvalue weighted by Crippen LogP contribution is 2.36. The summed E-state index contributed by atoms with van der Waals surface area (Å²) in [5, 5.41) is 0. The molecule has 62 valence electrons. The van der Waals surface area contributed by atoms with E-state index in [9.17, 15) is 0 Å². The van der Waals surface area contributed by atoms with Gasteiger partial charge in [-0.1, -0.05) is 60.5 Å². The van der Waals surface area contributed by atoms with E-state index in [4.69, 9.17) is 0 Å². The predicted octanol–water partition coefficient (Wildman–Crippen LogP) is 3.68. The molecule has 0 spiro atoms. The summed E-state index contributed by atoms with van der Waals surface area (Å²) in [6.45, 7) is 4.53. The number of hydrogen-bond acceptors (Lipinski definition) is 0. The molecule has 0 N–H and O–H groups in total. The quantitative estimate of drug-likeness (QED) is 0.616. The Bertz CT molecular complexity index is 181. The maximum atomic E-state index is 3.78. The van der Waals surface area contributed by atoms with Gasteiger partial charge < -0.3 is 0 Å². The lowest BCUT2D eigenvalue weighted by molar-refractivity contribution is 0.465. The predicted molar refractivity (Wildman–Crippen MR) is 54.0 cm³/mol. The fourth-order valence-corrected chi connectivity index (χ4v) is 1.98. The molecule has 1 aliphatic rings. The monoisotopic (exact) mass is 214 g/mol. The average molecular weight is 215 g/mol. The van der Waals surface area contributed by atoms with E-state index in [-0.39, 0.29) is 4.32 Å². The van der Waals surface area contributed by atoms with Crippen LogP contribution in [0.3, 0.4) is 0 Å². The molecule has 0 nitrogen and oxygen atoms in total. The van der Waals surface area contributed by atoms with Gasteiger partial charge in [0.15, 0.2) is 0 Å². The molecular formula is C10H15Br. The first-order valence-corrected chi connectivity index (χ1v) is 5.01. The van der Waals surface area contributed by atoms with Gasteiger partial charge in [-0.25, -0.2) is 0 Å². The molecule has 1 heteroatoms. The highest BCUT2D eigenvalue weighted by atomic mass is 79.9. The molecule has 2 atom stereocenters. The van der Waals surface area contributed by atoms with Crippen LogP contribution in [0.2, 0.25) is 0 Å². The molecule has 0 bridgehead atoms. The van der Waals surface area contributed by atoms with Crippen molar-refractivity contribution < 1.29 is 0 Å². The van der Waals surface area contributed by atoms with Gasteiger partial charge in [-0.05, 0) is 12.3 Å². The lowest BCUT2D eigenvalue weighted by Gasteiger charge is -2.30. The number of rotatable bonds is 2. The molecular weight excluding hydrogens is 200 g/mol. The molecule has 0 radical (unpaired) electrons. The summed E-state index contributed by atoms with van der Waals surface area (Å²) in [5.41, 5.74) is 0. The van der Waals surface area contributed by atoms with Gasteiger partial charge in [-0.15, -0.1) is 0 Å². The smallest absolute Gasteiger partial charge is 0.0499 e. The number of hydrogen-bond donors (Lipinski definition) is 0. The average Bonchev–Trinajstić information content (AvgIpc) is 2.04. The van der Waals surface area contributed by atoms with Crippen LogP contribution >= 0.6 is 15.9 Å². The SMILES string of the molecule is CCC(C)C1(Br)C=CC=CC1. The topological polar surface area (TPSA) is 0 Å². The third-order valence-electron chi connectivity index (χ3n) is 2.48. The van der Waals surface area contributed by atoms with Gasteiger partial charge in [0.1, 0.15) is 0 Å². The summed E-state index contributed by atoms with van der Waals surface area (Å²) in [7, 11) is 0. The maximum absolute atomic E-state index is 3.78. The Balaban J connectivity index is 2.67. The van der Waals surface area contributed by atoms with Gasteiger partial charge >= 0.3 is 0 Å². The van der Waals surface area contributed by atoms with Crippen LogP contribution in [0, 0.1) is 5.92 Å². The Morgan fingerprint density at radius 3 is 2.73 bits per heavy atom. The van der Waals surface area contributed by atoms with Crippen molar-refractivity contribution >= 4 is 15.9 Å². The molecule has 0 fully saturated rings. The molecule has 1 aliphatic carbocycles. The third kappa shape index (κ3) is 1.96. The van der Waals surface area contributed by atoms with Crippen LogP contribution in [0.1, 0.15) is 26.7 Å². The lowest BCUT2D eigenvalue weighted by Crippen LogP contribution is -2.26. The zero-order chi connectivity index (χ0) is 8.32. The molecule has 0 saturated carbocycles. The van der Waals surface area contributed by atoms with Crippen molar-refractivity contribution in [3.63, 3.8) is 0 Å². The maximum Gasteiger partial charge on any atom is 0.0499 e. The van der Waals surface area contributed by atoms with E-state index in [2.05, 4.69) is 54.1 Å². The molecule has 11 heavy (non-hydrogen) atoms. The van der Waals surface area contributed by atoms with Crippen LogP contribution < -0.4 is 0 Å². The number of halogens is 1. The minimum Gasteiger partial charge on any atom is -0.0828 e. The van der Waals surface area contributed by atoms with E-state index in [0.717, 1.165) is 6.42 Å². The second-order valence-electron chi connectivity index (χ2n) is 3.23. The van der Waals surface area contributed by atoms with E-state index < -0.39 is 0 Å². The minimum atomic E-state index is 0.233. The Morgan fingerprint density at radius 1 is 1.55 bits per heavy atom. The molecule has 0 aromatic rings. The van der Waals surface area contributed by atoms with Gasteiger partial charge in [0.2, 0.25) is 0 Å². The molecule has 0 aromatic heterocycles. The van der Waals surface area contributed by atoms with E-state index in [1.807, 2.05) is 0 Å². The van der Waals surface area contributed by atoms with E-state index >= 15 is 0 Å². The summed E-state index contributed by atoms with van der Waals surface area (Å²) < 4.78 is 0.233. The molecule has 0 saturated heterocycles. The second-order valence-corrected chi connectivity index (χ2v) is 4.70. The zero-order valence-corrected chi connectivity index (χ0v) is 8.76. The van der Waals surface area contributed by atoms with E-state index in [0.29, 0.717) is 5.92 Å². The summed E-state index contributed by atoms with van der Waals surface area (Å²) in [5.74, 6) is 0.712. The minimum absolute atomic E-state index is 0.233. The third-order valence-corrected chi connectivity index (χ3v) is 3.85. The molecule has 1 rings (SSSR count).